The maximum atomic E-state index is 13.9. The third kappa shape index (κ3) is 4.45. The Bertz CT molecular complexity index is 1490. The number of carbonyl (C=O) groups excluding carboxylic acids is 2. The number of esters is 1. The van der Waals surface area contributed by atoms with E-state index in [-0.39, 0.29) is 79.1 Å². The number of hydrogen-bond donors (Lipinski definition) is 4. The lowest BCUT2D eigenvalue weighted by molar-refractivity contribution is -0.320. The molecule has 49 heavy (non-hydrogen) atoms. The summed E-state index contributed by atoms with van der Waals surface area (Å²) in [6, 6.07) is 6.04. The number of nitrogens with zero attached hydrogens (tertiary/aromatic N) is 1. The van der Waals surface area contributed by atoms with E-state index in [0.29, 0.717) is 25.9 Å². The molecule has 5 saturated carbocycles. The van der Waals surface area contributed by atoms with Crippen LogP contribution in [0, 0.1) is 34.5 Å². The molecule has 0 radical (unpaired) electrons. The van der Waals surface area contributed by atoms with E-state index in [9.17, 15) is 24.6 Å². The van der Waals surface area contributed by atoms with Gasteiger partial charge in [-0.3, -0.25) is 14.5 Å². The lowest BCUT2D eigenvalue weighted by Crippen LogP contribution is -2.82. The summed E-state index contributed by atoms with van der Waals surface area (Å²) < 4.78 is 31.2. The van der Waals surface area contributed by atoms with Crippen molar-refractivity contribution in [3.63, 3.8) is 0 Å². The molecule has 1 saturated heterocycles. The van der Waals surface area contributed by atoms with Crippen LogP contribution in [0.2, 0.25) is 0 Å². The Hall–Kier alpha value is -2.65. The highest BCUT2D eigenvalue weighted by molar-refractivity contribution is 6.01. The van der Waals surface area contributed by atoms with Crippen molar-refractivity contribution in [1.29, 1.82) is 0 Å². The minimum Gasteiger partial charge on any atom is -0.481 e. The molecule has 1 aromatic rings. The number of para-hydroxylation sites is 1. The van der Waals surface area contributed by atoms with Gasteiger partial charge in [0, 0.05) is 76.4 Å². The van der Waals surface area contributed by atoms with Crippen LogP contribution in [0.15, 0.2) is 24.3 Å². The predicted octanol–water partition coefficient (Wildman–Crippen LogP) is 1.94. The van der Waals surface area contributed by atoms with E-state index >= 15 is 0 Å². The summed E-state index contributed by atoms with van der Waals surface area (Å²) >= 11 is 0. The van der Waals surface area contributed by atoms with Crippen molar-refractivity contribution in [2.45, 2.75) is 87.1 Å². The number of fused-ring (bicyclic) bond motifs is 2. The highest BCUT2D eigenvalue weighted by Gasteiger charge is 2.91. The topological polar surface area (TPSA) is 173 Å². The van der Waals surface area contributed by atoms with Gasteiger partial charge in [-0.15, -0.1) is 0 Å². The number of piperidine rings is 1. The summed E-state index contributed by atoms with van der Waals surface area (Å²) in [5.41, 5.74) is -4.18. The molecule has 13 nitrogen and oxygen atoms in total. The number of carboxylic acid groups (broad SMARTS) is 1. The maximum absolute atomic E-state index is 13.9. The number of anilines is 1. The van der Waals surface area contributed by atoms with E-state index in [0.717, 1.165) is 6.42 Å². The van der Waals surface area contributed by atoms with Crippen molar-refractivity contribution < 1.29 is 53.4 Å². The van der Waals surface area contributed by atoms with E-state index in [1.807, 2.05) is 0 Å². The van der Waals surface area contributed by atoms with Gasteiger partial charge in [0.25, 0.3) is 0 Å². The van der Waals surface area contributed by atoms with Crippen molar-refractivity contribution >= 4 is 23.5 Å². The fraction of sp³-hybridized carbons (Fsp3) is 0.750. The number of methoxy groups -OCH3 is 4. The molecule has 0 unspecified atom stereocenters. The normalized spacial score (nSPS) is 44.4. The van der Waals surface area contributed by atoms with Crippen LogP contribution < -0.4 is 5.32 Å². The number of nitrogens with one attached hydrogen (secondary N) is 1. The second-order valence-corrected chi connectivity index (χ2v) is 15.2. The largest absolute Gasteiger partial charge is 0.481 e. The zero-order valence-electron chi connectivity index (χ0n) is 28.9. The molecule has 1 aliphatic heterocycles. The third-order valence-corrected chi connectivity index (χ3v) is 13.8. The van der Waals surface area contributed by atoms with Crippen molar-refractivity contribution in [3.8, 4) is 0 Å². The van der Waals surface area contributed by atoms with Gasteiger partial charge in [0.05, 0.1) is 54.7 Å². The fourth-order valence-corrected chi connectivity index (χ4v) is 12.5. The predicted molar refractivity (Wildman–Crippen MR) is 174 cm³/mol. The molecule has 7 bridgehead atoms. The van der Waals surface area contributed by atoms with Crippen LogP contribution in [0.25, 0.3) is 0 Å². The average molecular weight is 687 g/mol. The van der Waals surface area contributed by atoms with E-state index in [2.05, 4.69) is 17.1 Å². The Kier molecular flexibility index (Phi) is 8.69. The first-order chi connectivity index (χ1) is 23.4. The van der Waals surface area contributed by atoms with Gasteiger partial charge in [-0.25, -0.2) is 4.79 Å². The van der Waals surface area contributed by atoms with Crippen molar-refractivity contribution in [2.24, 2.45) is 34.5 Å². The summed E-state index contributed by atoms with van der Waals surface area (Å²) in [4.78, 5) is 39.6. The van der Waals surface area contributed by atoms with Gasteiger partial charge in [0.2, 0.25) is 5.91 Å². The van der Waals surface area contributed by atoms with E-state index < -0.39 is 52.0 Å². The Morgan fingerprint density at radius 2 is 1.78 bits per heavy atom. The number of likely N-dealkylation sites (tertiary alicyclic amines) is 1. The Labute approximate surface area is 286 Å². The van der Waals surface area contributed by atoms with Crippen LogP contribution in [0.3, 0.4) is 0 Å². The summed E-state index contributed by atoms with van der Waals surface area (Å²) in [5.74, 6) is -2.97. The maximum Gasteiger partial charge on any atom is 0.340 e. The first-order valence-electron chi connectivity index (χ1n) is 17.5. The number of aliphatic hydroxyl groups is 2. The molecule has 1 amide bonds. The number of hydrogen-bond acceptors (Lipinski definition) is 11. The quantitative estimate of drug-likeness (QED) is 0.236. The number of carboxylic acids is 1. The number of rotatable bonds is 12. The van der Waals surface area contributed by atoms with Gasteiger partial charge in [0.15, 0.2) is 0 Å². The van der Waals surface area contributed by atoms with Gasteiger partial charge >= 0.3 is 11.9 Å². The van der Waals surface area contributed by atoms with Gasteiger partial charge in [-0.2, -0.15) is 0 Å². The van der Waals surface area contributed by atoms with Crippen molar-refractivity contribution in [2.75, 3.05) is 53.5 Å². The van der Waals surface area contributed by atoms with E-state index in [1.54, 1.807) is 52.7 Å². The minimum atomic E-state index is -1.70. The van der Waals surface area contributed by atoms with E-state index in [1.165, 1.54) is 0 Å². The molecule has 0 aromatic heterocycles. The Morgan fingerprint density at radius 1 is 1.02 bits per heavy atom. The van der Waals surface area contributed by atoms with Crippen LogP contribution in [0.4, 0.5) is 5.69 Å². The number of ether oxygens (including phenoxy) is 5. The summed E-state index contributed by atoms with van der Waals surface area (Å²) in [6.07, 6.45) is 0.0966. The average Bonchev–Trinajstić information content (AvgIpc) is 3.51. The number of benzene rings is 1. The van der Waals surface area contributed by atoms with Crippen LogP contribution in [0.5, 0.6) is 0 Å². The van der Waals surface area contributed by atoms with Crippen molar-refractivity contribution in [3.05, 3.63) is 29.8 Å². The van der Waals surface area contributed by atoms with Crippen molar-refractivity contribution in [1.82, 2.24) is 4.90 Å². The first-order valence-corrected chi connectivity index (χ1v) is 17.5. The zero-order valence-corrected chi connectivity index (χ0v) is 28.9. The molecule has 1 spiro atoms. The van der Waals surface area contributed by atoms with Crippen LogP contribution in [-0.4, -0.2) is 128 Å². The molecule has 270 valence electrons. The van der Waals surface area contributed by atoms with Gasteiger partial charge in [-0.1, -0.05) is 19.1 Å². The number of carbonyl (C=O) groups is 3. The van der Waals surface area contributed by atoms with Gasteiger partial charge < -0.3 is 44.3 Å². The standard InChI is InChI=1S/C36H50N2O11/c1-6-38-17-33(18-49-31(42)19-9-7-8-10-22(19)37-25(39)11-12-26(40)41)14-13-24(46-3)35-21-15-20-23(45-2)16-34(43,27(21)28(20)47-4)36(44,32(35)38)30(48-5)29(33)35/h7-10,20-21,23-24,27-30,32,43-44H,6,11-18H2,1-5H3,(H,37,39)(H,40,41)/t20-,21-,23+,24+,27-,28-,29-,30+,32+,33+,34-,35+,36-/m1/s1. The smallest absolute Gasteiger partial charge is 0.340 e. The molecule has 1 aromatic carbocycles. The minimum absolute atomic E-state index is 0.0305. The molecule has 6 fully saturated rings. The second-order valence-electron chi connectivity index (χ2n) is 15.2. The Morgan fingerprint density at radius 3 is 2.43 bits per heavy atom. The second kappa shape index (κ2) is 12.2. The zero-order chi connectivity index (χ0) is 35.1. The summed E-state index contributed by atoms with van der Waals surface area (Å²) in [6.45, 7) is 3.20. The molecule has 6 aliphatic rings. The number of aliphatic carboxylic acids is 1. The number of amides is 1. The summed E-state index contributed by atoms with van der Waals surface area (Å²) in [5, 5.41) is 38.2. The molecule has 1 heterocycles. The molecular weight excluding hydrogens is 636 g/mol. The monoisotopic (exact) mass is 686 g/mol. The van der Waals surface area contributed by atoms with Crippen LogP contribution in [0.1, 0.15) is 55.8 Å². The first kappa shape index (κ1) is 34.8. The highest BCUT2D eigenvalue weighted by atomic mass is 16.5. The highest BCUT2D eigenvalue weighted by Crippen LogP contribution is 2.80. The number of likely N-dealkylation sites (N-methyl/N-ethyl adjacent to an activating group) is 1. The Balaban J connectivity index is 1.29. The molecule has 7 rings (SSSR count). The molecule has 13 atom stereocenters. The van der Waals surface area contributed by atoms with Gasteiger partial charge in [-0.05, 0) is 43.9 Å². The molecule has 13 heteroatoms. The van der Waals surface area contributed by atoms with Gasteiger partial charge in [0.1, 0.15) is 11.2 Å². The van der Waals surface area contributed by atoms with Crippen LogP contribution >= 0.6 is 0 Å². The molecule has 4 N–H and O–H groups in total. The fourth-order valence-electron chi connectivity index (χ4n) is 12.5. The lowest BCUT2D eigenvalue weighted by atomic mass is 9.42. The third-order valence-electron chi connectivity index (χ3n) is 13.8. The van der Waals surface area contributed by atoms with E-state index in [4.69, 9.17) is 28.8 Å². The lowest BCUT2D eigenvalue weighted by Gasteiger charge is -2.70. The SMILES string of the molecule is CCN1C[C@]2(COC(=O)c3ccccc3NC(=O)CCC(=O)O)CC[C@H](OC)[C@@]34[C@@H]5C[C@H]6[C@@H](OC)[C@@H]5[C@](O)(C[C@@H]6OC)[C@@](O)([C@@H](OC)[C@H]23)[C@@H]14. The van der Waals surface area contributed by atoms with Crippen LogP contribution in [-0.2, 0) is 33.3 Å². The molecular formula is C36H50N2O11. The molecule has 5 aliphatic carbocycles. The summed E-state index contributed by atoms with van der Waals surface area (Å²) in [7, 11) is 6.66.